The van der Waals surface area contributed by atoms with Gasteiger partial charge in [-0.05, 0) is 102 Å². The molecule has 26 heavy (non-hydrogen) atoms. The topological polar surface area (TPSA) is 0 Å². The van der Waals surface area contributed by atoms with Crippen molar-refractivity contribution in [1.82, 2.24) is 0 Å². The molecule has 3 rings (SSSR count). The first-order valence-electron chi connectivity index (χ1n) is 8.15. The lowest BCUT2D eigenvalue weighted by molar-refractivity contribution is 1.57. The van der Waals surface area contributed by atoms with Crippen molar-refractivity contribution in [2.24, 2.45) is 0 Å². The molecule has 0 radical (unpaired) electrons. The number of halogens is 1. The molecule has 0 aromatic heterocycles. The summed E-state index contributed by atoms with van der Waals surface area (Å²) in [6.45, 7) is 1.84. The van der Waals surface area contributed by atoms with Crippen LogP contribution in [0.15, 0.2) is 72.8 Å². The van der Waals surface area contributed by atoms with Gasteiger partial charge in [-0.15, -0.1) is 5.92 Å². The summed E-state index contributed by atoms with van der Waals surface area (Å²) in [7, 11) is 0. The Morgan fingerprint density at radius 1 is 0.462 bits per heavy atom. The highest BCUT2D eigenvalue weighted by molar-refractivity contribution is 14.1. The molecule has 0 N–H and O–H groups in total. The third-order valence-electron chi connectivity index (χ3n) is 3.59. The van der Waals surface area contributed by atoms with Gasteiger partial charge >= 0.3 is 0 Å². The van der Waals surface area contributed by atoms with Crippen LogP contribution < -0.4 is 0 Å². The van der Waals surface area contributed by atoms with Crippen LogP contribution in [0.5, 0.6) is 0 Å². The average Bonchev–Trinajstić information content (AvgIpc) is 2.68. The Kier molecular flexibility index (Phi) is 6.16. The quantitative estimate of drug-likeness (QED) is 0.320. The van der Waals surface area contributed by atoms with Gasteiger partial charge in [0.05, 0.1) is 0 Å². The summed E-state index contributed by atoms with van der Waals surface area (Å²) in [6.07, 6.45) is 0. The van der Waals surface area contributed by atoms with E-state index in [2.05, 4.69) is 70.2 Å². The van der Waals surface area contributed by atoms with E-state index in [1.54, 1.807) is 0 Å². The summed E-state index contributed by atoms with van der Waals surface area (Å²) in [6, 6.07) is 24.2. The second-order valence-corrected chi connectivity index (χ2v) is 6.78. The molecule has 3 aromatic carbocycles. The summed E-state index contributed by atoms with van der Waals surface area (Å²) in [5, 5.41) is 0. The fourth-order valence-corrected chi connectivity index (χ4v) is 2.60. The Labute approximate surface area is 168 Å². The Balaban J connectivity index is 1.70. The molecule has 0 aliphatic rings. The molecule has 3 aromatic rings. The van der Waals surface area contributed by atoms with Crippen molar-refractivity contribution in [3.63, 3.8) is 0 Å². The van der Waals surface area contributed by atoms with Crippen molar-refractivity contribution in [3.05, 3.63) is 104 Å². The largest absolute Gasteiger partial charge is 0.101 e. The highest BCUT2D eigenvalue weighted by atomic mass is 127. The van der Waals surface area contributed by atoms with Gasteiger partial charge in [0.2, 0.25) is 0 Å². The van der Waals surface area contributed by atoms with Crippen molar-refractivity contribution >= 4 is 22.6 Å². The summed E-state index contributed by atoms with van der Waals surface area (Å²) in [5.74, 6) is 18.7. The normalized spacial score (nSPS) is 9.00. The van der Waals surface area contributed by atoms with Gasteiger partial charge in [0.25, 0.3) is 0 Å². The first kappa shape index (κ1) is 17.9. The standard InChI is InChI=1S/C25H15I/c1-2-3-20-4-6-21(7-5-20)8-9-22-10-12-23(13-11-22)14-15-24-16-18-25(26)19-17-24/h4-7,10-13,16-19H,1H3. The van der Waals surface area contributed by atoms with E-state index >= 15 is 0 Å². The zero-order valence-electron chi connectivity index (χ0n) is 14.3. The second-order valence-electron chi connectivity index (χ2n) is 5.54. The highest BCUT2D eigenvalue weighted by Crippen LogP contribution is 2.07. The van der Waals surface area contributed by atoms with Gasteiger partial charge in [-0.25, -0.2) is 0 Å². The predicted molar refractivity (Wildman–Crippen MR) is 117 cm³/mol. The van der Waals surface area contributed by atoms with Crippen molar-refractivity contribution in [2.45, 2.75) is 6.92 Å². The number of benzene rings is 3. The van der Waals surface area contributed by atoms with Gasteiger partial charge in [-0.1, -0.05) is 29.6 Å². The maximum atomic E-state index is 3.19. The molecule has 0 heterocycles. The minimum atomic E-state index is 0.974. The molecule has 0 aliphatic carbocycles. The highest BCUT2D eigenvalue weighted by Gasteiger charge is 1.91. The summed E-state index contributed by atoms with van der Waals surface area (Å²) in [4.78, 5) is 0. The van der Waals surface area contributed by atoms with Crippen LogP contribution >= 0.6 is 22.6 Å². The number of hydrogen-bond acceptors (Lipinski definition) is 0. The smallest absolute Gasteiger partial charge is 0.0249 e. The summed E-state index contributed by atoms with van der Waals surface area (Å²) in [5.41, 5.74) is 4.97. The lowest BCUT2D eigenvalue weighted by Gasteiger charge is -1.94. The van der Waals surface area contributed by atoms with E-state index in [1.165, 1.54) is 3.57 Å². The minimum Gasteiger partial charge on any atom is -0.101 e. The van der Waals surface area contributed by atoms with Crippen LogP contribution in [0.1, 0.15) is 34.7 Å². The first-order chi connectivity index (χ1) is 12.7. The van der Waals surface area contributed by atoms with Crippen molar-refractivity contribution < 1.29 is 0 Å². The lowest BCUT2D eigenvalue weighted by atomic mass is 10.1. The molecule has 0 amide bonds. The fraction of sp³-hybridized carbons (Fsp3) is 0.0400. The predicted octanol–water partition coefficient (Wildman–Crippen LogP) is 5.46. The Bertz CT molecular complexity index is 1070. The lowest BCUT2D eigenvalue weighted by Crippen LogP contribution is -1.80. The maximum absolute atomic E-state index is 3.19. The minimum absolute atomic E-state index is 0.974. The van der Waals surface area contributed by atoms with Crippen molar-refractivity contribution in [3.8, 4) is 35.5 Å². The Morgan fingerprint density at radius 3 is 1.04 bits per heavy atom. The van der Waals surface area contributed by atoms with E-state index in [9.17, 15) is 0 Å². The maximum Gasteiger partial charge on any atom is 0.0249 e. The molecule has 0 spiro atoms. The third kappa shape index (κ3) is 5.29. The molecular weight excluding hydrogens is 427 g/mol. The van der Waals surface area contributed by atoms with Gasteiger partial charge in [-0.2, -0.15) is 0 Å². The summed E-state index contributed by atoms with van der Waals surface area (Å²) < 4.78 is 1.21. The van der Waals surface area contributed by atoms with Crippen LogP contribution in [-0.4, -0.2) is 0 Å². The van der Waals surface area contributed by atoms with Crippen molar-refractivity contribution in [1.29, 1.82) is 0 Å². The molecule has 0 aliphatic heterocycles. The van der Waals surface area contributed by atoms with E-state index in [4.69, 9.17) is 0 Å². The molecule has 0 unspecified atom stereocenters. The molecule has 0 nitrogen and oxygen atoms in total. The van der Waals surface area contributed by atoms with E-state index in [1.807, 2.05) is 67.6 Å². The van der Waals surface area contributed by atoms with Gasteiger partial charge in [0.15, 0.2) is 0 Å². The van der Waals surface area contributed by atoms with Gasteiger partial charge < -0.3 is 0 Å². The second kappa shape index (κ2) is 8.96. The molecule has 0 atom stereocenters. The van der Waals surface area contributed by atoms with Crippen LogP contribution in [0.4, 0.5) is 0 Å². The molecule has 0 fully saturated rings. The molecule has 0 saturated heterocycles. The molecule has 1 heteroatoms. The Morgan fingerprint density at radius 2 is 0.731 bits per heavy atom. The number of hydrogen-bond donors (Lipinski definition) is 0. The van der Waals surface area contributed by atoms with Gasteiger partial charge in [0, 0.05) is 31.4 Å². The van der Waals surface area contributed by atoms with Crippen LogP contribution in [0, 0.1) is 39.1 Å². The third-order valence-corrected chi connectivity index (χ3v) is 4.30. The zero-order valence-corrected chi connectivity index (χ0v) is 16.5. The molecule has 0 saturated carbocycles. The number of rotatable bonds is 0. The van der Waals surface area contributed by atoms with Crippen LogP contribution in [0.3, 0.4) is 0 Å². The van der Waals surface area contributed by atoms with Gasteiger partial charge in [-0.3, -0.25) is 0 Å². The molecule has 122 valence electrons. The van der Waals surface area contributed by atoms with Crippen LogP contribution in [-0.2, 0) is 0 Å². The summed E-state index contributed by atoms with van der Waals surface area (Å²) >= 11 is 2.29. The monoisotopic (exact) mass is 442 g/mol. The zero-order chi connectivity index (χ0) is 18.2. The molecular formula is C25H15I. The van der Waals surface area contributed by atoms with E-state index in [-0.39, 0.29) is 0 Å². The van der Waals surface area contributed by atoms with E-state index in [0.717, 1.165) is 27.8 Å². The fourth-order valence-electron chi connectivity index (χ4n) is 2.24. The van der Waals surface area contributed by atoms with Crippen LogP contribution in [0.2, 0.25) is 0 Å². The van der Waals surface area contributed by atoms with Crippen molar-refractivity contribution in [2.75, 3.05) is 0 Å². The SMILES string of the molecule is CC#Cc1ccc(C#Cc2ccc(C#Cc3ccc(I)cc3)cc2)cc1. The first-order valence-corrected chi connectivity index (χ1v) is 9.23. The van der Waals surface area contributed by atoms with Crippen LogP contribution in [0.25, 0.3) is 0 Å². The average molecular weight is 442 g/mol. The molecule has 0 bridgehead atoms. The Hall–Kier alpha value is -2.93. The van der Waals surface area contributed by atoms with E-state index < -0.39 is 0 Å². The van der Waals surface area contributed by atoms with Gasteiger partial charge in [0.1, 0.15) is 0 Å². The van der Waals surface area contributed by atoms with E-state index in [0.29, 0.717) is 0 Å².